The van der Waals surface area contributed by atoms with Gasteiger partial charge in [-0.2, -0.15) is 0 Å². The van der Waals surface area contributed by atoms with Crippen LogP contribution in [0.4, 0.5) is 0 Å². The normalized spacial score (nSPS) is 20.6. The Morgan fingerprint density at radius 3 is 2.82 bits per heavy atom. The van der Waals surface area contributed by atoms with Gasteiger partial charge in [0.1, 0.15) is 11.8 Å². The maximum Gasteiger partial charge on any atom is 0.321 e. The molecule has 0 aromatic rings. The average molecular weight is 259 g/mol. The van der Waals surface area contributed by atoms with Crippen molar-refractivity contribution < 1.29 is 18.9 Å². The van der Waals surface area contributed by atoms with Crippen molar-refractivity contribution in [1.82, 2.24) is 0 Å². The molecular formula is C11H17NO4S. The van der Waals surface area contributed by atoms with Crippen LogP contribution in [0.1, 0.15) is 26.7 Å². The largest absolute Gasteiger partial charge is 0.480 e. The van der Waals surface area contributed by atoms with Crippen molar-refractivity contribution in [3.63, 3.8) is 0 Å². The Morgan fingerprint density at radius 2 is 2.29 bits per heavy atom. The van der Waals surface area contributed by atoms with Crippen molar-refractivity contribution in [3.05, 3.63) is 11.8 Å². The molecule has 6 heteroatoms. The molecule has 0 fully saturated rings. The van der Waals surface area contributed by atoms with Crippen LogP contribution < -0.4 is 5.73 Å². The van der Waals surface area contributed by atoms with E-state index < -0.39 is 12.0 Å². The van der Waals surface area contributed by atoms with E-state index in [-0.39, 0.29) is 17.0 Å². The Labute approximate surface area is 105 Å². The summed E-state index contributed by atoms with van der Waals surface area (Å²) in [4.78, 5) is 21.9. The van der Waals surface area contributed by atoms with Gasteiger partial charge in [-0.3, -0.25) is 9.59 Å². The minimum Gasteiger partial charge on any atom is -0.480 e. The summed E-state index contributed by atoms with van der Waals surface area (Å²) >= 11 is 0.973. The molecular weight excluding hydrogens is 242 g/mol. The zero-order valence-electron chi connectivity index (χ0n) is 9.93. The van der Waals surface area contributed by atoms with Crippen LogP contribution in [0.3, 0.4) is 0 Å². The van der Waals surface area contributed by atoms with Crippen LogP contribution in [0.15, 0.2) is 11.8 Å². The van der Waals surface area contributed by atoms with Crippen LogP contribution in [0.2, 0.25) is 0 Å². The molecule has 1 aliphatic carbocycles. The third-order valence-corrected chi connectivity index (χ3v) is 3.19. The van der Waals surface area contributed by atoms with Crippen molar-refractivity contribution in [1.29, 1.82) is 0 Å². The van der Waals surface area contributed by atoms with E-state index in [1.807, 2.05) is 13.8 Å². The lowest BCUT2D eigenvalue weighted by Gasteiger charge is -2.27. The fraction of sp³-hybridized carbons (Fsp3) is 0.636. The molecule has 0 heterocycles. The van der Waals surface area contributed by atoms with Crippen molar-refractivity contribution in [2.75, 3.05) is 5.75 Å². The molecule has 1 atom stereocenters. The highest BCUT2D eigenvalue weighted by atomic mass is 32.2. The first kappa shape index (κ1) is 14.1. The number of hydrogen-bond donors (Lipinski definition) is 2. The number of carboxylic acid groups (broad SMARTS) is 1. The number of nitrogens with two attached hydrogens (primary N) is 1. The molecule has 0 amide bonds. The Kier molecular flexibility index (Phi) is 4.59. The third kappa shape index (κ3) is 4.79. The van der Waals surface area contributed by atoms with E-state index in [9.17, 15) is 9.59 Å². The van der Waals surface area contributed by atoms with E-state index in [1.54, 1.807) is 0 Å². The van der Waals surface area contributed by atoms with E-state index in [1.165, 1.54) is 6.08 Å². The summed E-state index contributed by atoms with van der Waals surface area (Å²) in [5, 5.41) is 8.58. The standard InChI is InChI=1S/C11H17NO4S/c1-11(2)4-7(13)3-8(5-11)16-17-6-9(12)10(14)15/h3,9H,4-6,12H2,1-2H3,(H,14,15). The van der Waals surface area contributed by atoms with Crippen LogP contribution in [0.25, 0.3) is 0 Å². The van der Waals surface area contributed by atoms with Gasteiger partial charge in [-0.25, -0.2) is 0 Å². The van der Waals surface area contributed by atoms with Gasteiger partial charge in [0.05, 0.1) is 17.8 Å². The van der Waals surface area contributed by atoms with Gasteiger partial charge in [-0.05, 0) is 5.41 Å². The summed E-state index contributed by atoms with van der Waals surface area (Å²) in [6, 6.07) is -0.951. The summed E-state index contributed by atoms with van der Waals surface area (Å²) in [5.41, 5.74) is 5.23. The van der Waals surface area contributed by atoms with Gasteiger partial charge >= 0.3 is 5.97 Å². The molecule has 0 bridgehead atoms. The lowest BCUT2D eigenvalue weighted by atomic mass is 9.80. The molecule has 0 aliphatic heterocycles. The van der Waals surface area contributed by atoms with Gasteiger partial charge in [-0.15, -0.1) is 0 Å². The van der Waals surface area contributed by atoms with Crippen LogP contribution in [0.5, 0.6) is 0 Å². The average Bonchev–Trinajstić information content (AvgIpc) is 2.13. The Balaban J connectivity index is 2.42. The fourth-order valence-corrected chi connectivity index (χ4v) is 2.21. The number of ketones is 1. The van der Waals surface area contributed by atoms with E-state index in [2.05, 4.69) is 0 Å². The van der Waals surface area contributed by atoms with Crippen LogP contribution in [0, 0.1) is 5.41 Å². The molecule has 1 aliphatic rings. The zero-order chi connectivity index (χ0) is 13.1. The van der Waals surface area contributed by atoms with Crippen LogP contribution in [-0.4, -0.2) is 28.7 Å². The van der Waals surface area contributed by atoms with E-state index in [4.69, 9.17) is 15.0 Å². The highest BCUT2D eigenvalue weighted by Crippen LogP contribution is 2.35. The quantitative estimate of drug-likeness (QED) is 0.724. The lowest BCUT2D eigenvalue weighted by molar-refractivity contribution is -0.138. The molecule has 3 N–H and O–H groups in total. The molecule has 96 valence electrons. The second-order valence-corrected chi connectivity index (χ2v) is 5.64. The second-order valence-electron chi connectivity index (χ2n) is 4.91. The SMILES string of the molecule is CC1(C)CC(=O)C=C(OSCC(N)C(=O)O)C1. The Bertz CT molecular complexity index is 351. The molecule has 0 spiro atoms. The first-order valence-corrected chi connectivity index (χ1v) is 6.22. The molecule has 0 saturated carbocycles. The number of rotatable bonds is 5. The van der Waals surface area contributed by atoms with Gasteiger partial charge in [-0.1, -0.05) is 13.8 Å². The molecule has 0 aromatic carbocycles. The molecule has 17 heavy (non-hydrogen) atoms. The molecule has 0 aromatic heterocycles. The Hall–Kier alpha value is -1.01. The summed E-state index contributed by atoms with van der Waals surface area (Å²) < 4.78 is 5.32. The number of carbonyl (C=O) groups excluding carboxylic acids is 1. The van der Waals surface area contributed by atoms with E-state index in [0.717, 1.165) is 12.0 Å². The van der Waals surface area contributed by atoms with E-state index >= 15 is 0 Å². The van der Waals surface area contributed by atoms with Crippen LogP contribution in [-0.2, 0) is 13.8 Å². The van der Waals surface area contributed by atoms with Crippen molar-refractivity contribution in [2.24, 2.45) is 11.1 Å². The second kappa shape index (κ2) is 5.55. The number of allylic oxidation sites excluding steroid dienone is 2. The molecule has 5 nitrogen and oxygen atoms in total. The van der Waals surface area contributed by atoms with E-state index in [0.29, 0.717) is 18.6 Å². The number of hydrogen-bond acceptors (Lipinski definition) is 5. The highest BCUT2D eigenvalue weighted by molar-refractivity contribution is 7.94. The minimum atomic E-state index is -1.06. The predicted octanol–water partition coefficient (Wildman–Crippen LogP) is 1.34. The maximum atomic E-state index is 11.4. The van der Waals surface area contributed by atoms with Crippen molar-refractivity contribution >= 4 is 23.8 Å². The van der Waals surface area contributed by atoms with Gasteiger partial charge in [0.25, 0.3) is 0 Å². The number of aliphatic carboxylic acids is 1. The monoisotopic (exact) mass is 259 g/mol. The number of carboxylic acids is 1. The first-order chi connectivity index (χ1) is 7.80. The first-order valence-electron chi connectivity index (χ1n) is 5.31. The molecule has 1 unspecified atom stereocenters. The Morgan fingerprint density at radius 1 is 1.65 bits per heavy atom. The topological polar surface area (TPSA) is 89.6 Å². The summed E-state index contributed by atoms with van der Waals surface area (Å²) in [6.45, 7) is 3.99. The van der Waals surface area contributed by atoms with Crippen molar-refractivity contribution in [2.45, 2.75) is 32.7 Å². The molecule has 1 rings (SSSR count). The summed E-state index contributed by atoms with van der Waals surface area (Å²) in [7, 11) is 0. The van der Waals surface area contributed by atoms with Crippen molar-refractivity contribution in [3.8, 4) is 0 Å². The van der Waals surface area contributed by atoms with Crippen LogP contribution >= 0.6 is 12.0 Å². The number of carbonyl (C=O) groups is 2. The summed E-state index contributed by atoms with van der Waals surface area (Å²) in [5.74, 6) is -0.273. The lowest BCUT2D eigenvalue weighted by Crippen LogP contribution is -2.32. The van der Waals surface area contributed by atoms with Gasteiger partial charge in [0.15, 0.2) is 5.78 Å². The van der Waals surface area contributed by atoms with Gasteiger partial charge < -0.3 is 15.0 Å². The van der Waals surface area contributed by atoms with Gasteiger partial charge in [0.2, 0.25) is 0 Å². The predicted molar refractivity (Wildman–Crippen MR) is 65.3 cm³/mol. The minimum absolute atomic E-state index is 0.0411. The molecule has 0 saturated heterocycles. The summed E-state index contributed by atoms with van der Waals surface area (Å²) in [6.07, 6.45) is 2.66. The highest BCUT2D eigenvalue weighted by Gasteiger charge is 2.28. The molecule has 0 radical (unpaired) electrons. The fourth-order valence-electron chi connectivity index (χ4n) is 1.60. The zero-order valence-corrected chi connectivity index (χ0v) is 10.8. The smallest absolute Gasteiger partial charge is 0.321 e. The third-order valence-electron chi connectivity index (χ3n) is 2.36. The van der Waals surface area contributed by atoms with Gasteiger partial charge in [0, 0.05) is 18.9 Å². The maximum absolute atomic E-state index is 11.4.